The summed E-state index contributed by atoms with van der Waals surface area (Å²) in [7, 11) is 0. The normalized spacial score (nSPS) is 12.0. The van der Waals surface area contributed by atoms with Crippen LogP contribution in [0.5, 0.6) is 0 Å². The lowest BCUT2D eigenvalue weighted by Crippen LogP contribution is -2.01. The number of furan rings is 1. The van der Waals surface area contributed by atoms with Gasteiger partial charge in [-0.15, -0.1) is 11.3 Å². The number of fused-ring (bicyclic) bond motifs is 14. The number of benzene rings is 10. The number of hydrogen-bond acceptors (Lipinski definition) is 5. The molecule has 4 aromatic heterocycles. The summed E-state index contributed by atoms with van der Waals surface area (Å²) in [5, 5.41) is 12.0. The van der Waals surface area contributed by atoms with Gasteiger partial charge in [0.2, 0.25) is 0 Å². The number of hydrogen-bond donors (Lipinski definition) is 0. The van der Waals surface area contributed by atoms with Gasteiger partial charge in [0.05, 0.1) is 11.0 Å². The van der Waals surface area contributed by atoms with Crippen molar-refractivity contribution in [2.75, 3.05) is 0 Å². The maximum Gasteiger partial charge on any atom is 0.164 e. The summed E-state index contributed by atoms with van der Waals surface area (Å²) in [4.78, 5) is 15.5. The van der Waals surface area contributed by atoms with Crippen molar-refractivity contribution in [2.24, 2.45) is 0 Å². The molecule has 0 saturated carbocycles. The molecule has 0 N–H and O–H groups in total. The highest BCUT2D eigenvalue weighted by Gasteiger charge is 2.23. The molecule has 0 bridgehead atoms. The van der Waals surface area contributed by atoms with Gasteiger partial charge in [-0.1, -0.05) is 158 Å². The third-order valence-electron chi connectivity index (χ3n) is 13.0. The number of aromatic nitrogens is 4. The van der Waals surface area contributed by atoms with Gasteiger partial charge < -0.3 is 8.98 Å². The number of nitrogens with zero attached hydrogens (tertiary/aromatic N) is 4. The van der Waals surface area contributed by atoms with Crippen LogP contribution in [0.3, 0.4) is 0 Å². The Morgan fingerprint density at radius 3 is 1.75 bits per heavy atom. The Bertz CT molecular complexity index is 4260. The van der Waals surface area contributed by atoms with Crippen molar-refractivity contribution < 1.29 is 4.42 Å². The fourth-order valence-corrected chi connectivity index (χ4v) is 11.2. The third-order valence-corrected chi connectivity index (χ3v) is 14.2. The van der Waals surface area contributed by atoms with Gasteiger partial charge in [-0.25, -0.2) is 15.0 Å². The van der Waals surface area contributed by atoms with E-state index in [1.165, 1.54) is 69.1 Å². The molecular formula is C59H34N4OS. The molecule has 0 aliphatic heterocycles. The molecule has 6 heteroatoms. The van der Waals surface area contributed by atoms with Crippen LogP contribution in [0, 0.1) is 0 Å². The van der Waals surface area contributed by atoms with Gasteiger partial charge in [-0.2, -0.15) is 0 Å². The maximum atomic E-state index is 6.33. The second kappa shape index (κ2) is 14.0. The van der Waals surface area contributed by atoms with Crippen LogP contribution < -0.4 is 0 Å². The first-order valence-corrected chi connectivity index (χ1v) is 22.7. The molecule has 14 rings (SSSR count). The summed E-state index contributed by atoms with van der Waals surface area (Å²) in [6.45, 7) is 0. The van der Waals surface area contributed by atoms with Crippen molar-refractivity contribution in [1.82, 2.24) is 19.5 Å². The number of thiophene rings is 1. The van der Waals surface area contributed by atoms with Crippen LogP contribution in [0.2, 0.25) is 0 Å². The molecule has 4 heterocycles. The first kappa shape index (κ1) is 36.1. The van der Waals surface area contributed by atoms with Crippen LogP contribution in [0.15, 0.2) is 211 Å². The van der Waals surface area contributed by atoms with Crippen LogP contribution in [-0.2, 0) is 0 Å². The van der Waals surface area contributed by atoms with Gasteiger partial charge in [-0.3, -0.25) is 0 Å². The van der Waals surface area contributed by atoms with Crippen LogP contribution >= 0.6 is 11.3 Å². The molecule has 65 heavy (non-hydrogen) atoms. The van der Waals surface area contributed by atoms with E-state index in [9.17, 15) is 0 Å². The molecule has 302 valence electrons. The Morgan fingerprint density at radius 1 is 0.338 bits per heavy atom. The van der Waals surface area contributed by atoms with E-state index in [-0.39, 0.29) is 0 Å². The molecule has 0 aliphatic carbocycles. The molecule has 5 nitrogen and oxygen atoms in total. The first-order valence-electron chi connectivity index (χ1n) is 21.8. The minimum atomic E-state index is 0.578. The van der Waals surface area contributed by atoms with E-state index < -0.39 is 0 Å². The van der Waals surface area contributed by atoms with Gasteiger partial charge in [-0.05, 0) is 70.3 Å². The largest absolute Gasteiger partial charge is 0.456 e. The summed E-state index contributed by atoms with van der Waals surface area (Å²) >= 11 is 1.85. The first-order chi connectivity index (χ1) is 32.2. The van der Waals surface area contributed by atoms with Crippen molar-refractivity contribution in [3.8, 4) is 51.0 Å². The lowest BCUT2D eigenvalue weighted by atomic mass is 9.95. The molecule has 0 atom stereocenters. The summed E-state index contributed by atoms with van der Waals surface area (Å²) in [6, 6.07) is 73.4. The Morgan fingerprint density at radius 2 is 0.923 bits per heavy atom. The lowest BCUT2D eigenvalue weighted by Gasteiger charge is -2.15. The fraction of sp³-hybridized carbons (Fsp3) is 0. The van der Waals surface area contributed by atoms with Gasteiger partial charge in [0.15, 0.2) is 17.5 Å². The quantitative estimate of drug-likeness (QED) is 0.162. The van der Waals surface area contributed by atoms with E-state index in [0.29, 0.717) is 17.5 Å². The molecule has 14 aromatic rings. The van der Waals surface area contributed by atoms with E-state index >= 15 is 0 Å². The predicted octanol–water partition coefficient (Wildman–Crippen LogP) is 16.2. The van der Waals surface area contributed by atoms with E-state index in [1.807, 2.05) is 65.9 Å². The van der Waals surface area contributed by atoms with E-state index in [2.05, 4.69) is 156 Å². The standard InChI is InChI=1S/C59H34N4OS/c1-2-14-35(15-3-1)57-60-58(62-59(61-57)38-28-30-44-43-20-8-10-26-50(43)64-51(44)34-38)37-16-12-17-39(32-37)63-55-40(36-29-31-53-49(33-36)45-21-9-11-27-52(45)65-53)24-13-25-48(55)54-46-22-6-4-18-41(46)42-19-5-7-23-47(42)56(54)63/h1-34H. The summed E-state index contributed by atoms with van der Waals surface area (Å²) in [6.07, 6.45) is 0. The molecule has 10 aromatic carbocycles. The molecule has 0 saturated heterocycles. The summed E-state index contributed by atoms with van der Waals surface area (Å²) < 4.78 is 11.4. The van der Waals surface area contributed by atoms with E-state index in [0.717, 1.165) is 49.8 Å². The van der Waals surface area contributed by atoms with Crippen molar-refractivity contribution in [3.63, 3.8) is 0 Å². The number of rotatable bonds is 5. The topological polar surface area (TPSA) is 56.7 Å². The van der Waals surface area contributed by atoms with Gasteiger partial charge in [0.25, 0.3) is 0 Å². The van der Waals surface area contributed by atoms with Gasteiger partial charge in [0.1, 0.15) is 11.2 Å². The zero-order valence-corrected chi connectivity index (χ0v) is 35.6. The zero-order chi connectivity index (χ0) is 42.6. The highest BCUT2D eigenvalue weighted by molar-refractivity contribution is 7.25. The monoisotopic (exact) mass is 846 g/mol. The minimum absolute atomic E-state index is 0.578. The summed E-state index contributed by atoms with van der Waals surface area (Å²) in [5.74, 6) is 1.77. The second-order valence-electron chi connectivity index (χ2n) is 16.7. The van der Waals surface area contributed by atoms with Crippen molar-refractivity contribution in [3.05, 3.63) is 206 Å². The highest BCUT2D eigenvalue weighted by atomic mass is 32.1. The molecule has 0 unspecified atom stereocenters. The van der Waals surface area contributed by atoms with Crippen molar-refractivity contribution >= 4 is 96.8 Å². The molecule has 0 fully saturated rings. The Hall–Kier alpha value is -8.45. The molecule has 0 radical (unpaired) electrons. The molecule has 0 aliphatic rings. The smallest absolute Gasteiger partial charge is 0.164 e. The predicted molar refractivity (Wildman–Crippen MR) is 271 cm³/mol. The van der Waals surface area contributed by atoms with Gasteiger partial charge in [0, 0.05) is 75.0 Å². The zero-order valence-electron chi connectivity index (χ0n) is 34.7. The van der Waals surface area contributed by atoms with E-state index in [1.54, 1.807) is 0 Å². The summed E-state index contributed by atoms with van der Waals surface area (Å²) in [5.41, 5.74) is 9.99. The van der Waals surface area contributed by atoms with Crippen LogP contribution in [0.25, 0.3) is 136 Å². The maximum absolute atomic E-state index is 6.33. The molecular weight excluding hydrogens is 813 g/mol. The second-order valence-corrected chi connectivity index (χ2v) is 17.8. The lowest BCUT2D eigenvalue weighted by molar-refractivity contribution is 0.669. The average molecular weight is 847 g/mol. The molecule has 0 amide bonds. The Balaban J connectivity index is 1.04. The van der Waals surface area contributed by atoms with Crippen molar-refractivity contribution in [1.29, 1.82) is 0 Å². The number of para-hydroxylation sites is 2. The third kappa shape index (κ3) is 5.54. The van der Waals surface area contributed by atoms with Crippen LogP contribution in [-0.4, -0.2) is 19.5 Å². The van der Waals surface area contributed by atoms with Crippen molar-refractivity contribution in [2.45, 2.75) is 0 Å². The Labute approximate surface area is 376 Å². The fourth-order valence-electron chi connectivity index (χ4n) is 10.1. The van der Waals surface area contributed by atoms with Crippen LogP contribution in [0.4, 0.5) is 0 Å². The minimum Gasteiger partial charge on any atom is -0.456 e. The Kier molecular flexibility index (Phi) is 7.79. The highest BCUT2D eigenvalue weighted by Crippen LogP contribution is 2.46. The molecule has 0 spiro atoms. The SMILES string of the molecule is c1ccc(-c2nc(-c3cccc(-n4c5c(-c6ccc7sc8ccccc8c7c6)cccc5c5c6ccccc6c6ccccc6c54)c3)nc(-c3ccc4c(c3)oc3ccccc34)n2)cc1. The van der Waals surface area contributed by atoms with E-state index in [4.69, 9.17) is 19.4 Å². The van der Waals surface area contributed by atoms with Gasteiger partial charge >= 0.3 is 0 Å². The average Bonchev–Trinajstić information content (AvgIpc) is 4.06. The van der Waals surface area contributed by atoms with Crippen LogP contribution in [0.1, 0.15) is 0 Å².